The third-order valence-corrected chi connectivity index (χ3v) is 13.4. The molecule has 0 radical (unpaired) electrons. The van der Waals surface area contributed by atoms with Crippen molar-refractivity contribution in [2.75, 3.05) is 24.5 Å². The molecule has 2 N–H and O–H groups in total. The summed E-state index contributed by atoms with van der Waals surface area (Å²) in [5.74, 6) is -5.37. The summed E-state index contributed by atoms with van der Waals surface area (Å²) in [6.07, 6.45) is 7.97. The van der Waals surface area contributed by atoms with Crippen molar-refractivity contribution in [1.29, 1.82) is 0 Å². The molecule has 3 fully saturated rings. The van der Waals surface area contributed by atoms with Crippen LogP contribution >= 0.6 is 11.6 Å². The van der Waals surface area contributed by atoms with Crippen LogP contribution in [0.15, 0.2) is 133 Å². The average molecular weight is 864 g/mol. The summed E-state index contributed by atoms with van der Waals surface area (Å²) in [5, 5.41) is 13.5. The zero-order valence-corrected chi connectivity index (χ0v) is 35.2. The van der Waals surface area contributed by atoms with Gasteiger partial charge in [0.15, 0.2) is 0 Å². The SMILES string of the molecule is C=CCc1cccc(C2C3=CCC4C(=O)N(c5ccc(C=Cc6cc(OC)ccc6OC)cc5)C(=O)C4C3CC3C(=O)N(Nc4ccc(F)cc4)C(=O)C32c2ccc(Cl)cc2)c1O. The number of phenolic OH excluding ortho intramolecular Hbond substituents is 1. The number of hydrogen-bond donors (Lipinski definition) is 2. The highest BCUT2D eigenvalue weighted by atomic mass is 35.5. The third-order valence-electron chi connectivity index (χ3n) is 13.1. The van der Waals surface area contributed by atoms with Gasteiger partial charge in [0, 0.05) is 22.1 Å². The topological polar surface area (TPSA) is 125 Å². The lowest BCUT2D eigenvalue weighted by Gasteiger charge is -2.50. The van der Waals surface area contributed by atoms with Crippen LogP contribution in [0.4, 0.5) is 15.8 Å². The largest absolute Gasteiger partial charge is 0.507 e. The van der Waals surface area contributed by atoms with Gasteiger partial charge in [0.05, 0.1) is 48.8 Å². The molecule has 2 aliphatic heterocycles. The first-order valence-corrected chi connectivity index (χ1v) is 21.0. The molecular formula is C51H43ClFN3O7. The van der Waals surface area contributed by atoms with Gasteiger partial charge < -0.3 is 14.6 Å². The standard InChI is InChI=1S/C51H43ClFN3O7/c1-4-6-30-7-5-8-40(46(30)57)45-38-24-25-39-44(49(60)55(47(39)58)36-21-10-29(11-22-36)9-12-31-27-37(62-2)23-26-43(31)63-3)41(38)28-42-48(59)56(54-35-19-17-34(53)18-20-35)50(61)51(42,45)32-13-15-33(52)16-14-32/h4-5,7-24,26-27,39,41-42,44-45,54,57H,1,6,25,28H2,2-3H3. The summed E-state index contributed by atoms with van der Waals surface area (Å²) in [6.45, 7) is 3.87. The molecule has 63 heavy (non-hydrogen) atoms. The number of imide groups is 2. The first-order chi connectivity index (χ1) is 30.5. The number of nitrogens with zero attached hydrogens (tertiary/aromatic N) is 2. The number of benzene rings is 5. The molecule has 5 aromatic rings. The number of nitrogens with one attached hydrogen (secondary N) is 1. The van der Waals surface area contributed by atoms with Crippen molar-refractivity contribution in [2.24, 2.45) is 23.7 Å². The van der Waals surface area contributed by atoms with Crippen molar-refractivity contribution in [3.63, 3.8) is 0 Å². The maximum atomic E-state index is 15.5. The van der Waals surface area contributed by atoms with Gasteiger partial charge in [0.2, 0.25) is 11.8 Å². The maximum Gasteiger partial charge on any atom is 0.260 e. The van der Waals surface area contributed by atoms with E-state index < -0.39 is 58.5 Å². The van der Waals surface area contributed by atoms with E-state index in [9.17, 15) is 19.1 Å². The molecule has 0 aromatic heterocycles. The molecule has 0 bridgehead atoms. The van der Waals surface area contributed by atoms with Gasteiger partial charge in [0.1, 0.15) is 23.1 Å². The number of anilines is 2. The number of allylic oxidation sites excluding steroid dienone is 3. The van der Waals surface area contributed by atoms with Crippen molar-refractivity contribution >= 4 is 58.8 Å². The fraction of sp³-hybridized carbons (Fsp3) is 0.216. The van der Waals surface area contributed by atoms with Crippen molar-refractivity contribution in [2.45, 2.75) is 30.6 Å². The van der Waals surface area contributed by atoms with Gasteiger partial charge in [-0.3, -0.25) is 29.5 Å². The first-order valence-electron chi connectivity index (χ1n) is 20.7. The molecule has 6 unspecified atom stereocenters. The van der Waals surface area contributed by atoms with E-state index in [4.69, 9.17) is 21.1 Å². The molecule has 12 heteroatoms. The molecule has 2 aliphatic carbocycles. The highest BCUT2D eigenvalue weighted by molar-refractivity contribution is 6.30. The summed E-state index contributed by atoms with van der Waals surface area (Å²) in [4.78, 5) is 61.0. The number of halogens is 2. The molecule has 5 aromatic carbocycles. The zero-order chi connectivity index (χ0) is 44.2. The second kappa shape index (κ2) is 16.4. The number of fused-ring (bicyclic) bond motifs is 4. The van der Waals surface area contributed by atoms with Crippen LogP contribution in [0.3, 0.4) is 0 Å². The van der Waals surface area contributed by atoms with E-state index in [1.165, 1.54) is 29.2 Å². The molecule has 9 rings (SSSR count). The Morgan fingerprint density at radius 2 is 1.62 bits per heavy atom. The predicted octanol–water partition coefficient (Wildman–Crippen LogP) is 9.29. The van der Waals surface area contributed by atoms with E-state index in [-0.39, 0.29) is 24.5 Å². The highest BCUT2D eigenvalue weighted by Gasteiger charge is 2.70. The van der Waals surface area contributed by atoms with Crippen LogP contribution in [0.25, 0.3) is 12.2 Å². The average Bonchev–Trinajstić information content (AvgIpc) is 3.68. The molecule has 0 spiro atoms. The second-order valence-corrected chi connectivity index (χ2v) is 16.7. The second-order valence-electron chi connectivity index (χ2n) is 16.3. The molecule has 2 saturated heterocycles. The Labute approximate surface area is 368 Å². The summed E-state index contributed by atoms with van der Waals surface area (Å²) in [6, 6.07) is 30.0. The van der Waals surface area contributed by atoms with Gasteiger partial charge in [-0.2, -0.15) is 5.01 Å². The Hall–Kier alpha value is -6.98. The van der Waals surface area contributed by atoms with Crippen molar-refractivity contribution in [1.82, 2.24) is 5.01 Å². The Bertz CT molecular complexity index is 2740. The van der Waals surface area contributed by atoms with Crippen LogP contribution in [0, 0.1) is 29.5 Å². The summed E-state index contributed by atoms with van der Waals surface area (Å²) in [7, 11) is 3.19. The smallest absolute Gasteiger partial charge is 0.260 e. The number of para-hydroxylation sites is 1. The highest BCUT2D eigenvalue weighted by Crippen LogP contribution is 2.65. The van der Waals surface area contributed by atoms with E-state index in [0.717, 1.165) is 16.1 Å². The molecular weight excluding hydrogens is 821 g/mol. The van der Waals surface area contributed by atoms with Gasteiger partial charge in [0.25, 0.3) is 11.8 Å². The van der Waals surface area contributed by atoms with Gasteiger partial charge in [-0.25, -0.2) is 4.39 Å². The number of aromatic hydroxyl groups is 1. The van der Waals surface area contributed by atoms with Gasteiger partial charge >= 0.3 is 0 Å². The molecule has 10 nitrogen and oxygen atoms in total. The first kappa shape index (κ1) is 41.4. The lowest BCUT2D eigenvalue weighted by molar-refractivity contribution is -0.138. The van der Waals surface area contributed by atoms with Crippen molar-refractivity contribution in [3.05, 3.63) is 172 Å². The number of carbonyl (C=O) groups excluding carboxylic acids is 4. The molecule has 2 heterocycles. The number of rotatable bonds is 11. The zero-order valence-electron chi connectivity index (χ0n) is 34.5. The minimum atomic E-state index is -1.64. The number of methoxy groups -OCH3 is 2. The van der Waals surface area contributed by atoms with Crippen LogP contribution in [0.2, 0.25) is 5.02 Å². The molecule has 318 valence electrons. The Morgan fingerprint density at radius 3 is 2.32 bits per heavy atom. The summed E-state index contributed by atoms with van der Waals surface area (Å²) in [5.41, 5.74) is 5.81. The number of hydrogen-bond acceptors (Lipinski definition) is 8. The number of amides is 4. The Balaban J connectivity index is 1.13. The number of phenols is 1. The third kappa shape index (κ3) is 6.78. The maximum absolute atomic E-state index is 15.5. The van der Waals surface area contributed by atoms with Crippen LogP contribution in [-0.2, 0) is 31.0 Å². The number of hydrazine groups is 1. The van der Waals surface area contributed by atoms with Crippen molar-refractivity contribution in [3.8, 4) is 17.2 Å². The summed E-state index contributed by atoms with van der Waals surface area (Å²) >= 11 is 6.42. The number of carbonyl (C=O) groups is 4. The molecule has 4 aliphatic rings. The van der Waals surface area contributed by atoms with Crippen LogP contribution in [0.1, 0.15) is 46.6 Å². The van der Waals surface area contributed by atoms with Gasteiger partial charge in [-0.15, -0.1) is 6.58 Å². The van der Waals surface area contributed by atoms with Crippen molar-refractivity contribution < 1.29 is 38.1 Å². The molecule has 1 saturated carbocycles. The lowest BCUT2D eigenvalue weighted by Crippen LogP contribution is -2.53. The molecule has 4 amide bonds. The van der Waals surface area contributed by atoms with E-state index in [1.54, 1.807) is 74.9 Å². The van der Waals surface area contributed by atoms with Crippen LogP contribution < -0.4 is 19.8 Å². The minimum absolute atomic E-state index is 0.0513. The fourth-order valence-electron chi connectivity index (χ4n) is 10.3. The Morgan fingerprint density at radius 1 is 0.873 bits per heavy atom. The predicted molar refractivity (Wildman–Crippen MR) is 238 cm³/mol. The van der Waals surface area contributed by atoms with Gasteiger partial charge in [-0.05, 0) is 109 Å². The van der Waals surface area contributed by atoms with E-state index in [2.05, 4.69) is 12.0 Å². The van der Waals surface area contributed by atoms with E-state index >= 15 is 9.59 Å². The van der Waals surface area contributed by atoms with Crippen LogP contribution in [0.5, 0.6) is 17.2 Å². The Kier molecular flexibility index (Phi) is 10.8. The number of ether oxygens (including phenoxy) is 2. The monoisotopic (exact) mass is 863 g/mol. The van der Waals surface area contributed by atoms with Crippen LogP contribution in [-0.4, -0.2) is 48.0 Å². The quantitative estimate of drug-likeness (QED) is 0.0765. The fourth-order valence-corrected chi connectivity index (χ4v) is 10.4. The van der Waals surface area contributed by atoms with Gasteiger partial charge in [-0.1, -0.05) is 83.9 Å². The van der Waals surface area contributed by atoms with E-state index in [0.29, 0.717) is 56.6 Å². The molecule has 6 atom stereocenters. The normalized spacial score (nSPS) is 23.9. The lowest BCUT2D eigenvalue weighted by atomic mass is 9.49. The van der Waals surface area contributed by atoms with E-state index in [1.807, 2.05) is 48.6 Å². The summed E-state index contributed by atoms with van der Waals surface area (Å²) < 4.78 is 24.9. The minimum Gasteiger partial charge on any atom is -0.507 e.